The molecule has 2 aromatic carbocycles. The van der Waals surface area contributed by atoms with Gasteiger partial charge in [0.25, 0.3) is 0 Å². The highest BCUT2D eigenvalue weighted by Gasteiger charge is 2.19. The lowest BCUT2D eigenvalue weighted by molar-refractivity contribution is 0.354. The van der Waals surface area contributed by atoms with E-state index in [-0.39, 0.29) is 24.0 Å². The summed E-state index contributed by atoms with van der Waals surface area (Å²) >= 11 is 0. The summed E-state index contributed by atoms with van der Waals surface area (Å²) in [6.07, 6.45) is 2.00. The van der Waals surface area contributed by atoms with E-state index in [1.807, 2.05) is 13.1 Å². The number of halogens is 1. The van der Waals surface area contributed by atoms with Crippen LogP contribution in [0.15, 0.2) is 53.5 Å². The number of aryl methyl sites for hydroxylation is 1. The van der Waals surface area contributed by atoms with Crippen LogP contribution in [0.4, 0.5) is 5.69 Å². The number of anilines is 1. The minimum absolute atomic E-state index is 0. The second kappa shape index (κ2) is 12.5. The molecule has 0 radical (unpaired) electrons. The molecule has 1 aliphatic heterocycles. The largest absolute Gasteiger partial charge is 0.493 e. The first kappa shape index (κ1) is 24.1. The molecule has 3 rings (SSSR count). The molecule has 0 amide bonds. The number of piperazine rings is 1. The van der Waals surface area contributed by atoms with Crippen LogP contribution in [0, 0.1) is 0 Å². The second-order valence-corrected chi connectivity index (χ2v) is 7.08. The quantitative estimate of drug-likeness (QED) is 0.260. The van der Waals surface area contributed by atoms with E-state index in [1.165, 1.54) is 11.3 Å². The predicted octanol–water partition coefficient (Wildman–Crippen LogP) is 3.65. The second-order valence-electron chi connectivity index (χ2n) is 7.08. The average molecular weight is 524 g/mol. The Hall–Kier alpha value is -2.16. The Morgan fingerprint density at radius 2 is 1.67 bits per heavy atom. The average Bonchev–Trinajstić information content (AvgIpc) is 2.79. The summed E-state index contributed by atoms with van der Waals surface area (Å²) < 4.78 is 10.7. The van der Waals surface area contributed by atoms with Crippen molar-refractivity contribution in [2.24, 2.45) is 4.99 Å². The lowest BCUT2D eigenvalue weighted by Gasteiger charge is -2.37. The van der Waals surface area contributed by atoms with Gasteiger partial charge in [0.05, 0.1) is 14.2 Å². The van der Waals surface area contributed by atoms with Gasteiger partial charge < -0.3 is 24.6 Å². The van der Waals surface area contributed by atoms with Gasteiger partial charge in [0, 0.05) is 45.5 Å². The number of rotatable bonds is 7. The van der Waals surface area contributed by atoms with E-state index >= 15 is 0 Å². The molecule has 164 valence electrons. The first-order valence-corrected chi connectivity index (χ1v) is 10.2. The number of nitrogens with one attached hydrogen (secondary N) is 1. The summed E-state index contributed by atoms with van der Waals surface area (Å²) in [4.78, 5) is 9.26. The van der Waals surface area contributed by atoms with Gasteiger partial charge in [-0.1, -0.05) is 24.3 Å². The van der Waals surface area contributed by atoms with E-state index in [2.05, 4.69) is 62.6 Å². The third-order valence-electron chi connectivity index (χ3n) is 5.29. The maximum absolute atomic E-state index is 5.39. The molecule has 1 fully saturated rings. The molecule has 6 nitrogen and oxygen atoms in total. The summed E-state index contributed by atoms with van der Waals surface area (Å²) in [6, 6.07) is 16.7. The maximum Gasteiger partial charge on any atom is 0.193 e. The molecule has 0 spiro atoms. The Labute approximate surface area is 197 Å². The number of hydrogen-bond acceptors (Lipinski definition) is 4. The fourth-order valence-corrected chi connectivity index (χ4v) is 3.68. The number of hydrogen-bond donors (Lipinski definition) is 1. The monoisotopic (exact) mass is 524 g/mol. The Kier molecular flexibility index (Phi) is 10.1. The third-order valence-corrected chi connectivity index (χ3v) is 5.29. The van der Waals surface area contributed by atoms with Crippen LogP contribution in [0.25, 0.3) is 0 Å². The van der Waals surface area contributed by atoms with Gasteiger partial charge in [-0.25, -0.2) is 0 Å². The minimum Gasteiger partial charge on any atom is -0.493 e. The highest BCUT2D eigenvalue weighted by molar-refractivity contribution is 14.0. The van der Waals surface area contributed by atoms with Crippen LogP contribution in [0.1, 0.15) is 12.0 Å². The molecular formula is C23H33IN4O2. The SMILES string of the molecule is CN=C(NCCCc1ccc(OC)c(OC)c1)N1CCN(c2ccccc2)CC1.I. The van der Waals surface area contributed by atoms with Crippen LogP contribution in [0.5, 0.6) is 11.5 Å². The molecule has 2 aromatic rings. The number of ether oxygens (including phenoxy) is 2. The Bertz CT molecular complexity index is 793. The first-order chi connectivity index (χ1) is 14.2. The number of nitrogens with zero attached hydrogens (tertiary/aromatic N) is 3. The number of aliphatic imine (C=N–C) groups is 1. The molecule has 1 aliphatic rings. The summed E-state index contributed by atoms with van der Waals surface area (Å²) in [5.41, 5.74) is 2.54. The van der Waals surface area contributed by atoms with Gasteiger partial charge >= 0.3 is 0 Å². The molecule has 1 N–H and O–H groups in total. The first-order valence-electron chi connectivity index (χ1n) is 10.2. The standard InChI is InChI=1S/C23H32N4O2.HI/c1-24-23(27-16-14-26(15-17-27)20-9-5-4-6-10-20)25-13-7-8-19-11-12-21(28-2)22(18-19)29-3;/h4-6,9-12,18H,7-8,13-17H2,1-3H3,(H,24,25);1H. The van der Waals surface area contributed by atoms with Crippen molar-refractivity contribution in [3.63, 3.8) is 0 Å². The zero-order valence-corrected chi connectivity index (χ0v) is 20.5. The number of para-hydroxylation sites is 1. The lowest BCUT2D eigenvalue weighted by Crippen LogP contribution is -2.52. The van der Waals surface area contributed by atoms with E-state index in [1.54, 1.807) is 14.2 Å². The van der Waals surface area contributed by atoms with Gasteiger partial charge in [-0.15, -0.1) is 24.0 Å². The zero-order chi connectivity index (χ0) is 20.5. The summed E-state index contributed by atoms with van der Waals surface area (Å²) in [7, 11) is 5.19. The van der Waals surface area contributed by atoms with Crippen molar-refractivity contribution < 1.29 is 9.47 Å². The van der Waals surface area contributed by atoms with Crippen molar-refractivity contribution in [1.82, 2.24) is 10.2 Å². The van der Waals surface area contributed by atoms with Crippen molar-refractivity contribution in [3.8, 4) is 11.5 Å². The molecule has 0 aromatic heterocycles. The molecule has 30 heavy (non-hydrogen) atoms. The van der Waals surface area contributed by atoms with Crippen LogP contribution in [0.3, 0.4) is 0 Å². The molecule has 0 unspecified atom stereocenters. The molecule has 0 atom stereocenters. The highest BCUT2D eigenvalue weighted by Crippen LogP contribution is 2.27. The summed E-state index contributed by atoms with van der Waals surface area (Å²) in [5, 5.41) is 3.52. The van der Waals surface area contributed by atoms with E-state index < -0.39 is 0 Å². The van der Waals surface area contributed by atoms with Crippen molar-refractivity contribution in [1.29, 1.82) is 0 Å². The van der Waals surface area contributed by atoms with Crippen LogP contribution >= 0.6 is 24.0 Å². The van der Waals surface area contributed by atoms with E-state index in [9.17, 15) is 0 Å². The van der Waals surface area contributed by atoms with Crippen molar-refractivity contribution in [3.05, 3.63) is 54.1 Å². The topological polar surface area (TPSA) is 49.3 Å². The van der Waals surface area contributed by atoms with Crippen LogP contribution in [-0.2, 0) is 6.42 Å². The maximum atomic E-state index is 5.39. The Morgan fingerprint density at radius 1 is 0.967 bits per heavy atom. The number of methoxy groups -OCH3 is 2. The van der Waals surface area contributed by atoms with Crippen LogP contribution in [-0.4, -0.2) is 64.9 Å². The van der Waals surface area contributed by atoms with E-state index in [4.69, 9.17) is 9.47 Å². The molecule has 0 saturated carbocycles. The van der Waals surface area contributed by atoms with Crippen molar-refractivity contribution in [2.45, 2.75) is 12.8 Å². The van der Waals surface area contributed by atoms with Crippen LogP contribution in [0.2, 0.25) is 0 Å². The molecule has 1 heterocycles. The predicted molar refractivity (Wildman–Crippen MR) is 135 cm³/mol. The fraction of sp³-hybridized carbons (Fsp3) is 0.435. The van der Waals surface area contributed by atoms with Crippen molar-refractivity contribution >= 4 is 35.6 Å². The van der Waals surface area contributed by atoms with Crippen molar-refractivity contribution in [2.75, 3.05) is 58.9 Å². The van der Waals surface area contributed by atoms with Gasteiger partial charge in [0.15, 0.2) is 17.5 Å². The smallest absolute Gasteiger partial charge is 0.193 e. The van der Waals surface area contributed by atoms with E-state index in [0.29, 0.717) is 0 Å². The summed E-state index contributed by atoms with van der Waals surface area (Å²) in [5.74, 6) is 2.54. The lowest BCUT2D eigenvalue weighted by atomic mass is 10.1. The molecule has 0 aliphatic carbocycles. The molecule has 1 saturated heterocycles. The normalized spacial score (nSPS) is 14.2. The number of guanidine groups is 1. The zero-order valence-electron chi connectivity index (χ0n) is 18.1. The van der Waals surface area contributed by atoms with Gasteiger partial charge in [-0.3, -0.25) is 4.99 Å². The van der Waals surface area contributed by atoms with Gasteiger partial charge in [-0.2, -0.15) is 0 Å². The van der Waals surface area contributed by atoms with Gasteiger partial charge in [0.1, 0.15) is 0 Å². The Morgan fingerprint density at radius 3 is 2.30 bits per heavy atom. The Balaban J connectivity index is 0.00000320. The van der Waals surface area contributed by atoms with Gasteiger partial charge in [-0.05, 0) is 42.7 Å². The third kappa shape index (κ3) is 6.42. The highest BCUT2D eigenvalue weighted by atomic mass is 127. The molecule has 0 bridgehead atoms. The minimum atomic E-state index is 0. The van der Waals surface area contributed by atoms with Gasteiger partial charge in [0.2, 0.25) is 0 Å². The summed E-state index contributed by atoms with van der Waals surface area (Å²) in [6.45, 7) is 4.86. The number of benzene rings is 2. The van der Waals surface area contributed by atoms with E-state index in [0.717, 1.165) is 63.0 Å². The molecule has 7 heteroatoms. The fourth-order valence-electron chi connectivity index (χ4n) is 3.68. The van der Waals surface area contributed by atoms with Crippen LogP contribution < -0.4 is 19.7 Å². The molecular weight excluding hydrogens is 491 g/mol.